The fraction of sp³-hybridized carbons (Fsp3) is 0.125. The lowest BCUT2D eigenvalue weighted by Crippen LogP contribution is -2.03. The molecule has 0 saturated carbocycles. The zero-order chi connectivity index (χ0) is 16.4. The summed E-state index contributed by atoms with van der Waals surface area (Å²) in [6.45, 7) is 0. The Morgan fingerprint density at radius 2 is 2.13 bits per heavy atom. The molecule has 0 saturated heterocycles. The molecule has 2 heterocycles. The van der Waals surface area contributed by atoms with Gasteiger partial charge in [0.25, 0.3) is 0 Å². The van der Waals surface area contributed by atoms with Crippen LogP contribution in [0.2, 0.25) is 5.02 Å². The number of ether oxygens (including phenoxy) is 1. The van der Waals surface area contributed by atoms with Crippen molar-refractivity contribution in [2.24, 2.45) is 0 Å². The maximum absolute atomic E-state index is 11.3. The van der Waals surface area contributed by atoms with E-state index in [0.717, 1.165) is 5.56 Å². The van der Waals surface area contributed by atoms with Crippen molar-refractivity contribution in [3.8, 4) is 22.8 Å². The molecule has 0 aliphatic rings. The van der Waals surface area contributed by atoms with Gasteiger partial charge in [0.1, 0.15) is 16.5 Å². The van der Waals surface area contributed by atoms with Gasteiger partial charge in [-0.1, -0.05) is 11.6 Å². The van der Waals surface area contributed by atoms with Crippen molar-refractivity contribution in [2.75, 3.05) is 12.8 Å². The summed E-state index contributed by atoms with van der Waals surface area (Å²) in [5.41, 5.74) is 7.72. The van der Waals surface area contributed by atoms with Crippen LogP contribution in [0.5, 0.6) is 0 Å². The lowest BCUT2D eigenvalue weighted by molar-refractivity contribution is -0.139. The largest absolute Gasteiger partial charge is 0.469 e. The first-order chi connectivity index (χ1) is 11.1. The minimum absolute atomic E-state index is 0.151. The summed E-state index contributed by atoms with van der Waals surface area (Å²) >= 11 is 7.58. The highest BCUT2D eigenvalue weighted by Gasteiger charge is 2.14. The Labute approximate surface area is 141 Å². The van der Waals surface area contributed by atoms with E-state index >= 15 is 0 Å². The predicted octanol–water partition coefficient (Wildman–Crippen LogP) is 4.02. The highest BCUT2D eigenvalue weighted by molar-refractivity contribution is 7.10. The molecule has 0 aliphatic carbocycles. The first-order valence-corrected chi connectivity index (χ1v) is 7.99. The van der Waals surface area contributed by atoms with E-state index in [9.17, 15) is 4.79 Å². The average molecular weight is 349 g/mol. The molecular weight excluding hydrogens is 336 g/mol. The zero-order valence-corrected chi connectivity index (χ0v) is 13.8. The van der Waals surface area contributed by atoms with E-state index < -0.39 is 0 Å². The van der Waals surface area contributed by atoms with E-state index in [0.29, 0.717) is 32.9 Å². The number of carbonyl (C=O) groups is 1. The quantitative estimate of drug-likeness (QED) is 0.569. The number of nitrogens with zero attached hydrogens (tertiary/aromatic N) is 1. The summed E-state index contributed by atoms with van der Waals surface area (Å²) in [6, 6.07) is 8.90. The molecule has 3 rings (SSSR count). The van der Waals surface area contributed by atoms with Crippen LogP contribution in [0.15, 0.2) is 40.1 Å². The van der Waals surface area contributed by atoms with Gasteiger partial charge in [-0.05, 0) is 30.3 Å². The van der Waals surface area contributed by atoms with Crippen LogP contribution in [0.25, 0.3) is 22.8 Å². The van der Waals surface area contributed by atoms with Crippen molar-refractivity contribution in [3.63, 3.8) is 0 Å². The maximum Gasteiger partial charge on any atom is 0.312 e. The van der Waals surface area contributed by atoms with Gasteiger partial charge in [0.15, 0.2) is 5.76 Å². The summed E-state index contributed by atoms with van der Waals surface area (Å²) in [5.74, 6) is 0.924. The second kappa shape index (κ2) is 6.44. The predicted molar refractivity (Wildman–Crippen MR) is 90.4 cm³/mol. The average Bonchev–Trinajstić information content (AvgIpc) is 3.16. The molecule has 2 aromatic heterocycles. The van der Waals surface area contributed by atoms with Crippen molar-refractivity contribution in [1.29, 1.82) is 0 Å². The molecule has 7 heteroatoms. The van der Waals surface area contributed by atoms with Gasteiger partial charge in [0, 0.05) is 16.6 Å². The van der Waals surface area contributed by atoms with Crippen LogP contribution in [0.1, 0.15) is 5.01 Å². The molecule has 5 nitrogen and oxygen atoms in total. The molecule has 2 N–H and O–H groups in total. The van der Waals surface area contributed by atoms with Crippen LogP contribution in [0.3, 0.4) is 0 Å². The number of nitrogen functional groups attached to an aromatic ring is 1. The van der Waals surface area contributed by atoms with Crippen molar-refractivity contribution in [3.05, 3.63) is 45.7 Å². The number of methoxy groups -OCH3 is 1. The van der Waals surface area contributed by atoms with Crippen molar-refractivity contribution < 1.29 is 13.9 Å². The Morgan fingerprint density at radius 3 is 2.87 bits per heavy atom. The van der Waals surface area contributed by atoms with Crippen LogP contribution in [0.4, 0.5) is 5.69 Å². The lowest BCUT2D eigenvalue weighted by Gasteiger charge is -2.01. The molecule has 0 unspecified atom stereocenters. The van der Waals surface area contributed by atoms with Gasteiger partial charge in [-0.15, -0.1) is 11.3 Å². The number of furan rings is 1. The number of halogens is 1. The Morgan fingerprint density at radius 1 is 1.35 bits per heavy atom. The van der Waals surface area contributed by atoms with Crippen LogP contribution >= 0.6 is 22.9 Å². The Kier molecular flexibility index (Phi) is 4.36. The first kappa shape index (κ1) is 15.6. The number of anilines is 1. The van der Waals surface area contributed by atoms with Gasteiger partial charge in [-0.2, -0.15) is 0 Å². The summed E-state index contributed by atoms with van der Waals surface area (Å²) in [5, 5.41) is 3.04. The number of benzene rings is 1. The van der Waals surface area contributed by atoms with Gasteiger partial charge in [-0.3, -0.25) is 4.79 Å². The Balaban J connectivity index is 1.86. The molecule has 3 aromatic rings. The van der Waals surface area contributed by atoms with Gasteiger partial charge >= 0.3 is 5.97 Å². The van der Waals surface area contributed by atoms with Gasteiger partial charge in [0.05, 0.1) is 18.6 Å². The molecule has 0 bridgehead atoms. The number of hydrogen-bond acceptors (Lipinski definition) is 6. The number of carbonyl (C=O) groups excluding carboxylic acids is 1. The molecule has 118 valence electrons. The molecule has 0 radical (unpaired) electrons. The molecule has 0 fully saturated rings. The SMILES string of the molecule is COC(=O)Cc1nc(-c2ccc(-c3ccc(N)cc3Cl)o2)cs1. The topological polar surface area (TPSA) is 78.3 Å². The minimum Gasteiger partial charge on any atom is -0.469 e. The maximum atomic E-state index is 11.3. The molecule has 0 atom stereocenters. The van der Waals surface area contributed by atoms with Crippen LogP contribution in [0, 0.1) is 0 Å². The highest BCUT2D eigenvalue weighted by atomic mass is 35.5. The van der Waals surface area contributed by atoms with Crippen LogP contribution in [-0.2, 0) is 16.0 Å². The molecule has 23 heavy (non-hydrogen) atoms. The normalized spacial score (nSPS) is 10.7. The van der Waals surface area contributed by atoms with Crippen LogP contribution < -0.4 is 5.73 Å². The Hall–Kier alpha value is -2.31. The third-order valence-electron chi connectivity index (χ3n) is 3.19. The van der Waals surface area contributed by atoms with E-state index in [-0.39, 0.29) is 12.4 Å². The standard InChI is InChI=1S/C16H13ClN2O3S/c1-21-16(20)7-15-19-12(8-23-15)14-5-4-13(22-14)10-3-2-9(18)6-11(10)17/h2-6,8H,7,18H2,1H3. The fourth-order valence-electron chi connectivity index (χ4n) is 2.05. The van der Waals surface area contributed by atoms with Crippen molar-refractivity contribution >= 4 is 34.6 Å². The smallest absolute Gasteiger partial charge is 0.312 e. The van der Waals surface area contributed by atoms with E-state index in [4.69, 9.17) is 21.8 Å². The number of rotatable bonds is 4. The van der Waals surface area contributed by atoms with Crippen molar-refractivity contribution in [2.45, 2.75) is 6.42 Å². The van der Waals surface area contributed by atoms with Crippen molar-refractivity contribution in [1.82, 2.24) is 4.98 Å². The summed E-state index contributed by atoms with van der Waals surface area (Å²) in [7, 11) is 1.35. The number of aromatic nitrogens is 1. The number of esters is 1. The molecule has 1 aromatic carbocycles. The van der Waals surface area contributed by atoms with Gasteiger partial charge < -0.3 is 14.9 Å². The third-order valence-corrected chi connectivity index (χ3v) is 4.35. The van der Waals surface area contributed by atoms with E-state index in [1.165, 1.54) is 18.4 Å². The first-order valence-electron chi connectivity index (χ1n) is 6.73. The Bertz CT molecular complexity index is 857. The molecule has 0 aliphatic heterocycles. The second-order valence-electron chi connectivity index (χ2n) is 4.78. The van der Waals surface area contributed by atoms with Gasteiger partial charge in [0.2, 0.25) is 0 Å². The molecular formula is C16H13ClN2O3S. The third kappa shape index (κ3) is 3.38. The number of hydrogen-bond donors (Lipinski definition) is 1. The highest BCUT2D eigenvalue weighted by Crippen LogP contribution is 2.34. The lowest BCUT2D eigenvalue weighted by atomic mass is 10.1. The van der Waals surface area contributed by atoms with Gasteiger partial charge in [-0.25, -0.2) is 4.98 Å². The second-order valence-corrected chi connectivity index (χ2v) is 6.13. The van der Waals surface area contributed by atoms with E-state index in [2.05, 4.69) is 9.72 Å². The zero-order valence-electron chi connectivity index (χ0n) is 12.2. The summed E-state index contributed by atoms with van der Waals surface area (Å²) in [4.78, 5) is 15.7. The molecule has 0 amide bonds. The number of nitrogens with two attached hydrogens (primary N) is 1. The minimum atomic E-state index is -0.320. The monoisotopic (exact) mass is 348 g/mol. The summed E-state index contributed by atoms with van der Waals surface area (Å²) in [6.07, 6.45) is 0.151. The van der Waals surface area contributed by atoms with E-state index in [1.807, 2.05) is 23.6 Å². The summed E-state index contributed by atoms with van der Waals surface area (Å²) < 4.78 is 10.5. The molecule has 0 spiro atoms. The number of thiazole rings is 1. The fourth-order valence-corrected chi connectivity index (χ4v) is 3.10. The van der Waals surface area contributed by atoms with E-state index in [1.54, 1.807) is 12.1 Å². The van der Waals surface area contributed by atoms with Crippen LogP contribution in [-0.4, -0.2) is 18.1 Å².